The second kappa shape index (κ2) is 7.40. The van der Waals surface area contributed by atoms with E-state index in [0.29, 0.717) is 30.5 Å². The molecule has 0 saturated carbocycles. The predicted octanol–water partition coefficient (Wildman–Crippen LogP) is 2.42. The third kappa shape index (κ3) is 4.07. The zero-order valence-electron chi connectivity index (χ0n) is 13.5. The molecule has 2 rings (SSSR count). The highest BCUT2D eigenvalue weighted by atomic mass is 16.3. The maximum Gasteiger partial charge on any atom is 0.269 e. The molecule has 0 radical (unpaired) electrons. The number of amides is 1. The highest BCUT2D eigenvalue weighted by molar-refractivity contribution is 5.93. The van der Waals surface area contributed by atoms with E-state index in [2.05, 4.69) is 24.1 Å². The van der Waals surface area contributed by atoms with Crippen molar-refractivity contribution in [3.8, 4) is 0 Å². The molecule has 0 saturated heterocycles. The van der Waals surface area contributed by atoms with Crippen LogP contribution < -0.4 is 5.32 Å². The molecule has 0 fully saturated rings. The molecular formula is C17H25N3O2. The Kier molecular flexibility index (Phi) is 5.55. The SMILES string of the molecule is Cc1ccc2ncc(C(=O)NCC(CCO)CC(C)C)n2c1. The molecule has 0 spiro atoms. The zero-order chi connectivity index (χ0) is 16.1. The maximum absolute atomic E-state index is 12.4. The quantitative estimate of drug-likeness (QED) is 0.825. The van der Waals surface area contributed by atoms with E-state index in [1.807, 2.05) is 29.7 Å². The molecule has 1 unspecified atom stereocenters. The second-order valence-electron chi connectivity index (χ2n) is 6.30. The molecule has 2 heterocycles. The summed E-state index contributed by atoms with van der Waals surface area (Å²) in [5, 5.41) is 12.1. The standard InChI is InChI=1S/C17H25N3O2/c1-12(2)8-14(6-7-21)9-19-17(22)15-10-18-16-5-4-13(3)11-20(15)16/h4-5,10-12,14,21H,6-9H2,1-3H3,(H,19,22). The lowest BCUT2D eigenvalue weighted by atomic mass is 9.94. The molecule has 1 amide bonds. The number of hydrogen-bond acceptors (Lipinski definition) is 3. The van der Waals surface area contributed by atoms with Gasteiger partial charge in [0, 0.05) is 19.3 Å². The van der Waals surface area contributed by atoms with Crippen LogP contribution in [0.3, 0.4) is 0 Å². The molecule has 5 nitrogen and oxygen atoms in total. The molecular weight excluding hydrogens is 278 g/mol. The van der Waals surface area contributed by atoms with Gasteiger partial charge in [-0.3, -0.25) is 9.20 Å². The number of aromatic nitrogens is 2. The molecule has 2 aromatic heterocycles. The maximum atomic E-state index is 12.4. The first-order valence-corrected chi connectivity index (χ1v) is 7.84. The monoisotopic (exact) mass is 303 g/mol. The number of aliphatic hydroxyl groups is 1. The van der Waals surface area contributed by atoms with Gasteiger partial charge in [-0.1, -0.05) is 19.9 Å². The van der Waals surface area contributed by atoms with Crippen molar-refractivity contribution in [2.24, 2.45) is 11.8 Å². The van der Waals surface area contributed by atoms with Crippen molar-refractivity contribution >= 4 is 11.6 Å². The number of pyridine rings is 1. The number of aryl methyl sites for hydroxylation is 1. The summed E-state index contributed by atoms with van der Waals surface area (Å²) >= 11 is 0. The minimum atomic E-state index is -0.121. The van der Waals surface area contributed by atoms with Crippen molar-refractivity contribution in [2.75, 3.05) is 13.2 Å². The zero-order valence-corrected chi connectivity index (χ0v) is 13.5. The van der Waals surface area contributed by atoms with E-state index in [9.17, 15) is 4.79 Å². The number of hydrogen-bond donors (Lipinski definition) is 2. The van der Waals surface area contributed by atoms with Crippen LogP contribution in [0.4, 0.5) is 0 Å². The summed E-state index contributed by atoms with van der Waals surface area (Å²) in [7, 11) is 0. The Hall–Kier alpha value is -1.88. The fourth-order valence-electron chi connectivity index (χ4n) is 2.73. The minimum Gasteiger partial charge on any atom is -0.396 e. The van der Waals surface area contributed by atoms with E-state index in [4.69, 9.17) is 5.11 Å². The first kappa shape index (κ1) is 16.5. The number of imidazole rings is 1. The van der Waals surface area contributed by atoms with Gasteiger partial charge in [0.15, 0.2) is 0 Å². The van der Waals surface area contributed by atoms with Gasteiger partial charge in [0.2, 0.25) is 0 Å². The van der Waals surface area contributed by atoms with Crippen molar-refractivity contribution < 1.29 is 9.90 Å². The minimum absolute atomic E-state index is 0.121. The summed E-state index contributed by atoms with van der Waals surface area (Å²) in [6.07, 6.45) is 5.22. The Labute approximate surface area is 131 Å². The van der Waals surface area contributed by atoms with E-state index >= 15 is 0 Å². The molecule has 120 valence electrons. The first-order chi connectivity index (χ1) is 10.5. The van der Waals surface area contributed by atoms with Gasteiger partial charge in [0.25, 0.3) is 5.91 Å². The Morgan fingerprint density at radius 1 is 1.41 bits per heavy atom. The second-order valence-corrected chi connectivity index (χ2v) is 6.30. The van der Waals surface area contributed by atoms with Gasteiger partial charge in [0.05, 0.1) is 6.20 Å². The van der Waals surface area contributed by atoms with Crippen LogP contribution in [-0.4, -0.2) is 33.6 Å². The molecule has 1 atom stereocenters. The Bertz CT molecular complexity index is 634. The van der Waals surface area contributed by atoms with E-state index in [-0.39, 0.29) is 12.5 Å². The van der Waals surface area contributed by atoms with Gasteiger partial charge in [-0.05, 0) is 43.2 Å². The Morgan fingerprint density at radius 3 is 2.86 bits per heavy atom. The topological polar surface area (TPSA) is 66.6 Å². The smallest absolute Gasteiger partial charge is 0.269 e. The number of rotatable bonds is 7. The van der Waals surface area contributed by atoms with Crippen LogP contribution in [0.2, 0.25) is 0 Å². The van der Waals surface area contributed by atoms with E-state index < -0.39 is 0 Å². The molecule has 0 aromatic carbocycles. The van der Waals surface area contributed by atoms with Crippen LogP contribution >= 0.6 is 0 Å². The molecule has 5 heteroatoms. The number of aliphatic hydroxyl groups excluding tert-OH is 1. The third-order valence-corrected chi connectivity index (χ3v) is 3.78. The van der Waals surface area contributed by atoms with E-state index in [1.54, 1.807) is 6.20 Å². The van der Waals surface area contributed by atoms with Crippen LogP contribution in [0.1, 0.15) is 42.7 Å². The average Bonchev–Trinajstić information content (AvgIpc) is 2.87. The summed E-state index contributed by atoms with van der Waals surface area (Å²) in [5.41, 5.74) is 2.40. The number of carbonyl (C=O) groups is 1. The number of carbonyl (C=O) groups excluding carboxylic acids is 1. The summed E-state index contributed by atoms with van der Waals surface area (Å²) in [5.74, 6) is 0.728. The third-order valence-electron chi connectivity index (χ3n) is 3.78. The number of nitrogens with zero attached hydrogens (tertiary/aromatic N) is 2. The van der Waals surface area contributed by atoms with E-state index in [0.717, 1.165) is 17.6 Å². The fraction of sp³-hybridized carbons (Fsp3) is 0.529. The molecule has 2 aromatic rings. The van der Waals surface area contributed by atoms with Crippen molar-refractivity contribution in [2.45, 2.75) is 33.6 Å². The van der Waals surface area contributed by atoms with Gasteiger partial charge in [0.1, 0.15) is 11.3 Å². The van der Waals surface area contributed by atoms with Crippen molar-refractivity contribution in [3.63, 3.8) is 0 Å². The van der Waals surface area contributed by atoms with Crippen LogP contribution in [0.25, 0.3) is 5.65 Å². The van der Waals surface area contributed by atoms with Crippen molar-refractivity contribution in [3.05, 3.63) is 35.8 Å². The van der Waals surface area contributed by atoms with Gasteiger partial charge < -0.3 is 10.4 Å². The summed E-state index contributed by atoms with van der Waals surface area (Å²) in [6, 6.07) is 3.88. The molecule has 2 N–H and O–H groups in total. The van der Waals surface area contributed by atoms with Crippen LogP contribution in [0, 0.1) is 18.8 Å². The molecule has 0 aliphatic carbocycles. The van der Waals surface area contributed by atoms with Crippen molar-refractivity contribution in [1.29, 1.82) is 0 Å². The fourth-order valence-corrected chi connectivity index (χ4v) is 2.73. The summed E-state index contributed by atoms with van der Waals surface area (Å²) in [4.78, 5) is 16.6. The van der Waals surface area contributed by atoms with Gasteiger partial charge >= 0.3 is 0 Å². The Morgan fingerprint density at radius 2 is 2.18 bits per heavy atom. The van der Waals surface area contributed by atoms with Crippen molar-refractivity contribution in [1.82, 2.24) is 14.7 Å². The molecule has 0 aliphatic heterocycles. The largest absolute Gasteiger partial charge is 0.396 e. The lowest BCUT2D eigenvalue weighted by molar-refractivity contribution is 0.0935. The van der Waals surface area contributed by atoms with Gasteiger partial charge in [-0.15, -0.1) is 0 Å². The summed E-state index contributed by atoms with van der Waals surface area (Å²) in [6.45, 7) is 7.03. The highest BCUT2D eigenvalue weighted by Crippen LogP contribution is 2.15. The first-order valence-electron chi connectivity index (χ1n) is 7.84. The van der Waals surface area contributed by atoms with Crippen LogP contribution in [0.5, 0.6) is 0 Å². The lowest BCUT2D eigenvalue weighted by Crippen LogP contribution is -2.31. The Balaban J connectivity index is 2.05. The lowest BCUT2D eigenvalue weighted by Gasteiger charge is -2.18. The molecule has 0 aliphatic rings. The van der Waals surface area contributed by atoms with E-state index in [1.165, 1.54) is 0 Å². The van der Waals surface area contributed by atoms with Crippen LogP contribution in [0.15, 0.2) is 24.5 Å². The summed E-state index contributed by atoms with van der Waals surface area (Å²) < 4.78 is 1.81. The van der Waals surface area contributed by atoms with Gasteiger partial charge in [-0.2, -0.15) is 0 Å². The average molecular weight is 303 g/mol. The van der Waals surface area contributed by atoms with Gasteiger partial charge in [-0.25, -0.2) is 4.98 Å². The molecule has 0 bridgehead atoms. The number of fused-ring (bicyclic) bond motifs is 1. The highest BCUT2D eigenvalue weighted by Gasteiger charge is 2.15. The predicted molar refractivity (Wildman–Crippen MR) is 86.9 cm³/mol. The number of nitrogens with one attached hydrogen (secondary N) is 1. The molecule has 22 heavy (non-hydrogen) atoms. The normalized spacial score (nSPS) is 12.8. The van der Waals surface area contributed by atoms with Crippen LogP contribution in [-0.2, 0) is 0 Å².